The van der Waals surface area contributed by atoms with Crippen molar-refractivity contribution in [2.75, 3.05) is 40.1 Å². The standard InChI is InChI=1S/C24H23FO.C18H18O.C18H20O.C17H18O2.C17H18O/c25-20-13-10-18(11-14-20)12-15-22-21(19-6-2-1-3-7-19)16-17-26-24-9-5-4-8-23(22)24;1-2-5-13(6-3-1)15-11-12-19-17-8-4-7-14-9-10-16(15)18(14)17;1-2-14-8-9-18-17(12-14)13-16(10-11-19-18)15-6-4-3-5-7-15;1-18-16-8-7-15-11-14(9-10-19-17(15)12-16)13-5-3-2-4-6-13;1-13-15(14-7-3-2-4-8-14)11-12-18-17-10-6-5-9-16(13)17/h1-11,13-14,21-22H,12,15-17H2;1-8,15-16H,9-12H2;3-9,12,16H,2,10-11,13H2,1H3;2-8,12,14H,9-11H2,1H3;2-10,13,15H,11-12H2,1H3/t21-,22-;15-,16-;16-;14-;13?,15-/m11000/s1. The Morgan fingerprint density at radius 3 is 1.46 bits per heavy atom. The van der Waals surface area contributed by atoms with Gasteiger partial charge in [-0.2, -0.15) is 0 Å². The first-order valence-corrected chi connectivity index (χ1v) is 37.1. The second kappa shape index (κ2) is 35.0. The molecule has 17 rings (SSSR count). The summed E-state index contributed by atoms with van der Waals surface area (Å²) < 4.78 is 48.1. The van der Waals surface area contributed by atoms with Crippen molar-refractivity contribution in [3.05, 3.63) is 357 Å². The predicted molar refractivity (Wildman–Crippen MR) is 409 cm³/mol. The van der Waals surface area contributed by atoms with Gasteiger partial charge in [0.05, 0.1) is 40.1 Å². The number of fused-ring (bicyclic) bond motifs is 4. The van der Waals surface area contributed by atoms with Crippen LogP contribution in [0.4, 0.5) is 4.39 Å². The van der Waals surface area contributed by atoms with E-state index in [0.717, 1.165) is 132 Å². The van der Waals surface area contributed by atoms with Gasteiger partial charge in [0, 0.05) is 11.6 Å². The number of benzene rings is 11. The summed E-state index contributed by atoms with van der Waals surface area (Å²) in [7, 11) is 1.69. The highest BCUT2D eigenvalue weighted by molar-refractivity contribution is 5.50. The van der Waals surface area contributed by atoms with Crippen molar-refractivity contribution in [2.45, 2.75) is 138 Å². The molecule has 0 radical (unpaired) electrons. The maximum atomic E-state index is 13.2. The number of methoxy groups -OCH3 is 1. The molecule has 11 aromatic carbocycles. The number of para-hydroxylation sites is 2. The Kier molecular flexibility index (Phi) is 24.1. The second-order valence-corrected chi connectivity index (χ2v) is 27.7. The lowest BCUT2D eigenvalue weighted by Crippen LogP contribution is -2.12. The van der Waals surface area contributed by atoms with E-state index in [0.29, 0.717) is 47.3 Å². The van der Waals surface area contributed by atoms with E-state index in [-0.39, 0.29) is 5.82 Å². The van der Waals surface area contributed by atoms with Crippen LogP contribution in [0.15, 0.2) is 279 Å². The van der Waals surface area contributed by atoms with Gasteiger partial charge in [0.15, 0.2) is 0 Å². The fourth-order valence-corrected chi connectivity index (χ4v) is 16.3. The summed E-state index contributed by atoms with van der Waals surface area (Å²) in [6.45, 7) is 8.48. The molecule has 1 unspecified atom stereocenters. The maximum Gasteiger partial charge on any atom is 0.126 e. The van der Waals surface area contributed by atoms with E-state index in [4.69, 9.17) is 28.4 Å². The minimum atomic E-state index is -0.177. The van der Waals surface area contributed by atoms with Gasteiger partial charge in [-0.1, -0.05) is 244 Å². The largest absolute Gasteiger partial charge is 0.497 e. The first-order valence-electron chi connectivity index (χ1n) is 37.1. The van der Waals surface area contributed by atoms with Gasteiger partial charge in [-0.15, -0.1) is 0 Å². The average molecular weight is 1340 g/mol. The number of aryl methyl sites for hydroxylation is 3. The Balaban J connectivity index is 0.000000114. The van der Waals surface area contributed by atoms with Gasteiger partial charge in [-0.05, 0) is 234 Å². The fraction of sp³-hybridized carbons (Fsp3) is 0.298. The van der Waals surface area contributed by atoms with Crippen LogP contribution in [-0.4, -0.2) is 40.1 Å². The van der Waals surface area contributed by atoms with Crippen molar-refractivity contribution in [1.29, 1.82) is 0 Å². The zero-order valence-electron chi connectivity index (χ0n) is 59.0. The van der Waals surface area contributed by atoms with Crippen LogP contribution in [0.1, 0.15) is 178 Å². The summed E-state index contributed by atoms with van der Waals surface area (Å²) in [5, 5.41) is 0. The van der Waals surface area contributed by atoms with Crippen LogP contribution < -0.4 is 28.4 Å². The van der Waals surface area contributed by atoms with Crippen molar-refractivity contribution in [3.8, 4) is 34.5 Å². The summed E-state index contributed by atoms with van der Waals surface area (Å²) in [4.78, 5) is 0. The molecule has 6 nitrogen and oxygen atoms in total. The van der Waals surface area contributed by atoms with Crippen molar-refractivity contribution < 1.29 is 32.8 Å². The summed E-state index contributed by atoms with van der Waals surface area (Å²) in [6, 6.07) is 97.1. The molecule has 0 spiro atoms. The molecule has 0 N–H and O–H groups in total. The Morgan fingerprint density at radius 2 is 0.842 bits per heavy atom. The molecule has 0 amide bonds. The van der Waals surface area contributed by atoms with E-state index in [1.54, 1.807) is 19.2 Å². The molecule has 0 fully saturated rings. The van der Waals surface area contributed by atoms with Crippen molar-refractivity contribution in [1.82, 2.24) is 0 Å². The lowest BCUT2D eigenvalue weighted by Gasteiger charge is -2.26. The molecule has 516 valence electrons. The van der Waals surface area contributed by atoms with Crippen molar-refractivity contribution in [2.24, 2.45) is 0 Å². The number of ether oxygens (including phenoxy) is 6. The molecule has 0 aromatic heterocycles. The quantitative estimate of drug-likeness (QED) is 0.136. The SMILES string of the molecule is CC1c2ccccc2OCC[C@@H]1c1ccccc1.CCc1ccc2c(c1)C[C@@H](c1ccccc1)CCO2.COc1ccc2c(c1)OCC[C@H](c1ccccc1)C2.Fc1ccc(CC[C@H]2c3ccccc3OCC[C@@H]2c2ccccc2)cc1.c1ccc([C@H]2CCOc3cccc4c3[C@@H]2CC4)cc1. The molecular weight excluding hydrogens is 1240 g/mol. The molecule has 0 saturated carbocycles. The topological polar surface area (TPSA) is 55.4 Å². The van der Waals surface area contributed by atoms with Gasteiger partial charge in [0.2, 0.25) is 0 Å². The number of rotatable bonds is 10. The third-order valence-corrected chi connectivity index (χ3v) is 21.7. The molecular formula is C94H97FO6. The molecule has 6 aliphatic rings. The van der Waals surface area contributed by atoms with Crippen molar-refractivity contribution >= 4 is 0 Å². The minimum absolute atomic E-state index is 0.177. The number of hydrogen-bond acceptors (Lipinski definition) is 6. The summed E-state index contributed by atoms with van der Waals surface area (Å²) in [5.41, 5.74) is 17.9. The third kappa shape index (κ3) is 17.8. The van der Waals surface area contributed by atoms with Gasteiger partial charge in [-0.25, -0.2) is 4.39 Å². The Bertz CT molecular complexity index is 4340. The predicted octanol–water partition coefficient (Wildman–Crippen LogP) is 22.9. The number of hydrogen-bond donors (Lipinski definition) is 0. The highest BCUT2D eigenvalue weighted by atomic mass is 19.1. The van der Waals surface area contributed by atoms with Crippen LogP contribution in [-0.2, 0) is 32.1 Å². The van der Waals surface area contributed by atoms with Crippen LogP contribution in [0.25, 0.3) is 0 Å². The van der Waals surface area contributed by atoms with E-state index in [1.807, 2.05) is 36.4 Å². The first kappa shape index (κ1) is 69.6. The first-order chi connectivity index (χ1) is 49.8. The molecule has 7 heteroatoms. The Hall–Kier alpha value is -9.85. The molecule has 1 aliphatic carbocycles. The molecule has 0 bridgehead atoms. The zero-order valence-corrected chi connectivity index (χ0v) is 59.0. The van der Waals surface area contributed by atoms with E-state index in [1.165, 1.54) is 85.2 Å². The van der Waals surface area contributed by atoms with Crippen molar-refractivity contribution in [3.63, 3.8) is 0 Å². The van der Waals surface area contributed by atoms with E-state index < -0.39 is 0 Å². The van der Waals surface area contributed by atoms with Gasteiger partial charge in [0.1, 0.15) is 40.3 Å². The molecule has 11 aromatic rings. The monoisotopic (exact) mass is 1340 g/mol. The van der Waals surface area contributed by atoms with Crippen LogP contribution in [0.5, 0.6) is 34.5 Å². The van der Waals surface area contributed by atoms with Gasteiger partial charge >= 0.3 is 0 Å². The van der Waals surface area contributed by atoms with Gasteiger partial charge < -0.3 is 28.4 Å². The summed E-state index contributed by atoms with van der Waals surface area (Å²) >= 11 is 0. The molecule has 8 atom stereocenters. The smallest absolute Gasteiger partial charge is 0.126 e. The lowest BCUT2D eigenvalue weighted by molar-refractivity contribution is 0.306. The highest BCUT2D eigenvalue weighted by Gasteiger charge is 2.36. The highest BCUT2D eigenvalue weighted by Crippen LogP contribution is 2.51. The second-order valence-electron chi connectivity index (χ2n) is 27.7. The van der Waals surface area contributed by atoms with Gasteiger partial charge in [0.25, 0.3) is 0 Å². The normalized spacial score (nSPS) is 20.4. The Morgan fingerprint density at radius 1 is 0.366 bits per heavy atom. The molecule has 101 heavy (non-hydrogen) atoms. The summed E-state index contributed by atoms with van der Waals surface area (Å²) in [6.07, 6.45) is 13.0. The van der Waals surface area contributed by atoms with Gasteiger partial charge in [-0.3, -0.25) is 0 Å². The van der Waals surface area contributed by atoms with E-state index in [9.17, 15) is 4.39 Å². The van der Waals surface area contributed by atoms with Crippen LogP contribution in [0, 0.1) is 5.82 Å². The fourth-order valence-electron chi connectivity index (χ4n) is 16.3. The van der Waals surface area contributed by atoms with Crippen LogP contribution >= 0.6 is 0 Å². The average Bonchev–Trinajstić information content (AvgIpc) is 1.66. The third-order valence-electron chi connectivity index (χ3n) is 21.7. The maximum absolute atomic E-state index is 13.2. The van der Waals surface area contributed by atoms with Crippen LogP contribution in [0.2, 0.25) is 0 Å². The molecule has 5 heterocycles. The zero-order chi connectivity index (χ0) is 69.0. The molecule has 5 aliphatic heterocycles. The number of halogens is 1. The lowest BCUT2D eigenvalue weighted by atomic mass is 9.77. The molecule has 0 saturated heterocycles. The van der Waals surface area contributed by atoms with E-state index in [2.05, 4.69) is 244 Å². The summed E-state index contributed by atoms with van der Waals surface area (Å²) in [5.74, 6) is 10.2. The van der Waals surface area contributed by atoms with E-state index >= 15 is 0 Å². The Labute approximate surface area is 599 Å². The van der Waals surface area contributed by atoms with Crippen LogP contribution in [0.3, 0.4) is 0 Å². The minimum Gasteiger partial charge on any atom is -0.497 e.